The lowest BCUT2D eigenvalue weighted by molar-refractivity contribution is 0.171. The Hall–Kier alpha value is -1.92. The Bertz CT molecular complexity index is 621. The second-order valence-electron chi connectivity index (χ2n) is 6.04. The second kappa shape index (κ2) is 7.57. The molecule has 0 aliphatic carbocycles. The van der Waals surface area contributed by atoms with Crippen molar-refractivity contribution >= 4 is 0 Å². The van der Waals surface area contributed by atoms with E-state index in [-0.39, 0.29) is 0 Å². The van der Waals surface area contributed by atoms with E-state index >= 15 is 0 Å². The van der Waals surface area contributed by atoms with Crippen LogP contribution in [0.25, 0.3) is 0 Å². The van der Waals surface area contributed by atoms with Gasteiger partial charge < -0.3 is 15.0 Å². The van der Waals surface area contributed by atoms with Crippen molar-refractivity contribution in [2.75, 3.05) is 20.2 Å². The largest absolute Gasteiger partial charge is 0.496 e. The fraction of sp³-hybridized carbons (Fsp3) is 0.529. The highest BCUT2D eigenvalue weighted by Gasteiger charge is 2.21. The van der Waals surface area contributed by atoms with Gasteiger partial charge >= 0.3 is 0 Å². The average molecular weight is 316 g/mol. The van der Waals surface area contributed by atoms with Gasteiger partial charge in [0, 0.05) is 0 Å². The second-order valence-corrected chi connectivity index (χ2v) is 6.04. The first kappa shape index (κ1) is 16.0. The molecule has 3 rings (SSSR count). The molecule has 2 aromatic rings. The maximum Gasteiger partial charge on any atom is 0.240 e. The molecule has 23 heavy (non-hydrogen) atoms. The quantitative estimate of drug-likeness (QED) is 0.878. The highest BCUT2D eigenvalue weighted by Crippen LogP contribution is 2.27. The fourth-order valence-electron chi connectivity index (χ4n) is 3.17. The fourth-order valence-corrected chi connectivity index (χ4v) is 3.17. The molecule has 2 N–H and O–H groups in total. The summed E-state index contributed by atoms with van der Waals surface area (Å²) >= 11 is 0. The van der Waals surface area contributed by atoms with Crippen LogP contribution in [-0.4, -0.2) is 35.2 Å². The lowest BCUT2D eigenvalue weighted by Crippen LogP contribution is -2.34. The first-order chi connectivity index (χ1) is 11.3. The van der Waals surface area contributed by atoms with Crippen LogP contribution in [0.1, 0.15) is 30.1 Å². The van der Waals surface area contributed by atoms with Gasteiger partial charge in [-0.05, 0) is 49.9 Å². The smallest absolute Gasteiger partial charge is 0.240 e. The molecule has 124 valence electrons. The summed E-state index contributed by atoms with van der Waals surface area (Å²) in [7, 11) is 1.74. The van der Waals surface area contributed by atoms with Gasteiger partial charge in [-0.2, -0.15) is 4.98 Å². The van der Waals surface area contributed by atoms with E-state index in [0.29, 0.717) is 18.4 Å². The number of likely N-dealkylation sites (tertiary alicyclic amines) is 1. The Morgan fingerprint density at radius 1 is 1.30 bits per heavy atom. The molecule has 1 aromatic carbocycles. The predicted octanol–water partition coefficient (Wildman–Crippen LogP) is 1.99. The van der Waals surface area contributed by atoms with Crippen LogP contribution in [0.4, 0.5) is 0 Å². The topological polar surface area (TPSA) is 77.4 Å². The molecular weight excluding hydrogens is 292 g/mol. The normalized spacial score (nSPS) is 16.6. The van der Waals surface area contributed by atoms with E-state index in [4.69, 9.17) is 15.0 Å². The van der Waals surface area contributed by atoms with Crippen molar-refractivity contribution in [2.45, 2.75) is 32.4 Å². The van der Waals surface area contributed by atoms with Gasteiger partial charge in [0.25, 0.3) is 0 Å². The number of hydrogen-bond donors (Lipinski definition) is 1. The van der Waals surface area contributed by atoms with Gasteiger partial charge in [-0.15, -0.1) is 0 Å². The zero-order valence-electron chi connectivity index (χ0n) is 13.6. The van der Waals surface area contributed by atoms with E-state index in [1.54, 1.807) is 7.11 Å². The van der Waals surface area contributed by atoms with Crippen LogP contribution in [0.15, 0.2) is 28.8 Å². The number of benzene rings is 1. The van der Waals surface area contributed by atoms with E-state index in [1.165, 1.54) is 18.4 Å². The number of nitrogens with zero attached hydrogens (tertiary/aromatic N) is 3. The lowest BCUT2D eigenvalue weighted by atomic mass is 9.90. The number of ether oxygens (including phenoxy) is 1. The minimum absolute atomic E-state index is 0.300. The molecule has 1 aromatic heterocycles. The summed E-state index contributed by atoms with van der Waals surface area (Å²) in [4.78, 5) is 6.65. The Labute approximate surface area is 136 Å². The summed E-state index contributed by atoms with van der Waals surface area (Å²) < 4.78 is 10.5. The minimum Gasteiger partial charge on any atom is -0.496 e. The first-order valence-corrected chi connectivity index (χ1v) is 8.14. The third-order valence-electron chi connectivity index (χ3n) is 4.46. The van der Waals surface area contributed by atoms with Crippen LogP contribution in [0.2, 0.25) is 0 Å². The Kier molecular flexibility index (Phi) is 5.25. The van der Waals surface area contributed by atoms with Crippen LogP contribution in [0.5, 0.6) is 5.75 Å². The monoisotopic (exact) mass is 316 g/mol. The molecular formula is C17H24N4O2. The SMILES string of the molecule is COc1ccccc1CC1CCN(Cc2noc(CN)n2)CC1. The number of aromatic nitrogens is 2. The van der Waals surface area contributed by atoms with Crippen LogP contribution >= 0.6 is 0 Å². The van der Waals surface area contributed by atoms with Crippen LogP contribution in [-0.2, 0) is 19.5 Å². The third kappa shape index (κ3) is 4.09. The van der Waals surface area contributed by atoms with Crippen LogP contribution < -0.4 is 10.5 Å². The van der Waals surface area contributed by atoms with E-state index in [9.17, 15) is 0 Å². The minimum atomic E-state index is 0.300. The summed E-state index contributed by atoms with van der Waals surface area (Å²) in [5.41, 5.74) is 6.80. The molecule has 6 heteroatoms. The molecule has 0 bridgehead atoms. The molecule has 1 aliphatic heterocycles. The van der Waals surface area contributed by atoms with E-state index in [0.717, 1.165) is 37.6 Å². The summed E-state index contributed by atoms with van der Waals surface area (Å²) in [5, 5.41) is 3.97. The van der Waals surface area contributed by atoms with Gasteiger partial charge in [0.1, 0.15) is 5.75 Å². The van der Waals surface area contributed by atoms with Crippen LogP contribution in [0.3, 0.4) is 0 Å². The molecule has 1 fully saturated rings. The number of hydrogen-bond acceptors (Lipinski definition) is 6. The summed E-state index contributed by atoms with van der Waals surface area (Å²) in [6.45, 7) is 3.16. The van der Waals surface area contributed by atoms with Crippen LogP contribution in [0, 0.1) is 5.92 Å². The molecule has 0 radical (unpaired) electrons. The zero-order valence-corrected chi connectivity index (χ0v) is 13.6. The maximum atomic E-state index is 5.49. The standard InChI is InChI=1S/C17H24N4O2/c1-22-15-5-3-2-4-14(15)10-13-6-8-21(9-7-13)12-16-19-17(11-18)23-20-16/h2-5,13H,6-12,18H2,1H3. The molecule has 6 nitrogen and oxygen atoms in total. The van der Waals surface area contributed by atoms with Gasteiger partial charge in [-0.3, -0.25) is 4.90 Å². The molecule has 0 atom stereocenters. The molecule has 0 spiro atoms. The highest BCUT2D eigenvalue weighted by atomic mass is 16.5. The maximum absolute atomic E-state index is 5.49. The predicted molar refractivity (Wildman–Crippen MR) is 86.9 cm³/mol. The summed E-state index contributed by atoms with van der Waals surface area (Å²) in [6.07, 6.45) is 3.44. The average Bonchev–Trinajstić information content (AvgIpc) is 3.05. The Morgan fingerprint density at radius 3 is 2.78 bits per heavy atom. The van der Waals surface area contributed by atoms with E-state index in [1.807, 2.05) is 12.1 Å². The van der Waals surface area contributed by atoms with E-state index in [2.05, 4.69) is 27.2 Å². The van der Waals surface area contributed by atoms with Gasteiger partial charge in [0.15, 0.2) is 5.82 Å². The zero-order chi connectivity index (χ0) is 16.1. The molecule has 1 aliphatic rings. The molecule has 0 unspecified atom stereocenters. The first-order valence-electron chi connectivity index (χ1n) is 8.14. The summed E-state index contributed by atoms with van der Waals surface area (Å²) in [6, 6.07) is 8.30. The van der Waals surface area contributed by atoms with Crippen molar-refractivity contribution in [1.29, 1.82) is 0 Å². The summed E-state index contributed by atoms with van der Waals surface area (Å²) in [5.74, 6) is 2.93. The Balaban J connectivity index is 1.50. The van der Waals surface area contributed by atoms with Crippen molar-refractivity contribution in [3.8, 4) is 5.75 Å². The molecule has 1 saturated heterocycles. The van der Waals surface area contributed by atoms with Crippen molar-refractivity contribution in [1.82, 2.24) is 15.0 Å². The molecule has 0 amide bonds. The molecule has 0 saturated carbocycles. The van der Waals surface area contributed by atoms with Crippen molar-refractivity contribution in [3.05, 3.63) is 41.5 Å². The number of rotatable bonds is 6. The van der Waals surface area contributed by atoms with E-state index < -0.39 is 0 Å². The van der Waals surface area contributed by atoms with Gasteiger partial charge in [-0.25, -0.2) is 0 Å². The van der Waals surface area contributed by atoms with Crippen molar-refractivity contribution < 1.29 is 9.26 Å². The number of para-hydroxylation sites is 1. The van der Waals surface area contributed by atoms with Crippen molar-refractivity contribution in [2.24, 2.45) is 11.7 Å². The highest BCUT2D eigenvalue weighted by molar-refractivity contribution is 5.33. The number of methoxy groups -OCH3 is 1. The van der Waals surface area contributed by atoms with Gasteiger partial charge in [-0.1, -0.05) is 23.4 Å². The van der Waals surface area contributed by atoms with Crippen molar-refractivity contribution in [3.63, 3.8) is 0 Å². The Morgan fingerprint density at radius 2 is 2.09 bits per heavy atom. The van der Waals surface area contributed by atoms with Gasteiger partial charge in [0.05, 0.1) is 20.2 Å². The third-order valence-corrected chi connectivity index (χ3v) is 4.46. The van der Waals surface area contributed by atoms with Gasteiger partial charge in [0.2, 0.25) is 5.89 Å². The number of nitrogens with two attached hydrogens (primary N) is 1. The lowest BCUT2D eigenvalue weighted by Gasteiger charge is -2.31. The molecule has 2 heterocycles. The number of piperidine rings is 1.